The third-order valence-corrected chi connectivity index (χ3v) is 9.42. The molecule has 0 fully saturated rings. The number of rotatable bonds is 13. The minimum absolute atomic E-state index is 0.551. The Bertz CT molecular complexity index is 441. The van der Waals surface area contributed by atoms with Crippen molar-refractivity contribution in [2.75, 3.05) is 6.61 Å². The van der Waals surface area contributed by atoms with Gasteiger partial charge in [-0.2, -0.15) is 0 Å². The molecule has 0 aliphatic carbocycles. The van der Waals surface area contributed by atoms with Crippen molar-refractivity contribution in [3.63, 3.8) is 0 Å². The molecule has 4 nitrogen and oxygen atoms in total. The number of hydrogen-bond acceptors (Lipinski definition) is 4. The lowest BCUT2D eigenvalue weighted by molar-refractivity contribution is 0.187. The van der Waals surface area contributed by atoms with Crippen LogP contribution in [0, 0.1) is 0 Å². The summed E-state index contributed by atoms with van der Waals surface area (Å²) in [5.41, 5.74) is 1.08. The average Bonchev–Trinajstić information content (AvgIpc) is 2.52. The molecule has 0 saturated carbocycles. The fourth-order valence-corrected chi connectivity index (χ4v) is 8.95. The highest BCUT2D eigenvalue weighted by molar-refractivity contribution is 6.78. The topological polar surface area (TPSA) is 40.6 Å². The second kappa shape index (κ2) is 11.2. The maximum absolute atomic E-state index is 6.31. The molecule has 138 valence electrons. The summed E-state index contributed by atoms with van der Waals surface area (Å²) >= 11 is 0. The number of pyridine rings is 1. The second-order valence-corrected chi connectivity index (χ2v) is 14.2. The van der Waals surface area contributed by atoms with Gasteiger partial charge in [0.1, 0.15) is 0 Å². The van der Waals surface area contributed by atoms with E-state index in [4.69, 9.17) is 13.0 Å². The highest BCUT2D eigenvalue weighted by Gasteiger charge is 2.36. The first-order valence-corrected chi connectivity index (χ1v) is 14.8. The predicted molar refractivity (Wildman–Crippen MR) is 104 cm³/mol. The maximum Gasteiger partial charge on any atom is 0.323 e. The molecule has 0 N–H and O–H groups in total. The van der Waals surface area contributed by atoms with Crippen molar-refractivity contribution in [2.24, 2.45) is 0 Å². The van der Waals surface area contributed by atoms with E-state index in [-0.39, 0.29) is 0 Å². The van der Waals surface area contributed by atoms with Crippen molar-refractivity contribution < 1.29 is 13.0 Å². The highest BCUT2D eigenvalue weighted by atomic mass is 28.5. The van der Waals surface area contributed by atoms with Crippen LogP contribution in [-0.4, -0.2) is 28.7 Å². The number of unbranched alkanes of at least 4 members (excludes halogenated alkanes) is 5. The zero-order valence-corrected chi connectivity index (χ0v) is 18.1. The molecule has 1 heterocycles. The summed E-state index contributed by atoms with van der Waals surface area (Å²) in [4.78, 5) is 4.12. The van der Waals surface area contributed by atoms with Gasteiger partial charge in [0.2, 0.25) is 0 Å². The van der Waals surface area contributed by atoms with E-state index in [9.17, 15) is 0 Å². The molecule has 0 saturated heterocycles. The zero-order valence-electron chi connectivity index (χ0n) is 16.1. The molecule has 6 heteroatoms. The van der Waals surface area contributed by atoms with Gasteiger partial charge in [0, 0.05) is 19.0 Å². The molecule has 0 radical (unpaired) electrons. The third kappa shape index (κ3) is 10.4. The molecule has 0 bridgehead atoms. The Morgan fingerprint density at radius 1 is 0.917 bits per heavy atom. The number of aromatic nitrogens is 1. The quantitative estimate of drug-likeness (QED) is 0.345. The predicted octanol–water partition coefficient (Wildman–Crippen LogP) is 5.40. The Hall–Kier alpha value is -0.536. The van der Waals surface area contributed by atoms with E-state index in [0.717, 1.165) is 18.6 Å². The molecule has 1 rings (SSSR count). The Morgan fingerprint density at radius 2 is 1.58 bits per heavy atom. The lowest BCUT2D eigenvalue weighted by Gasteiger charge is -2.32. The number of nitrogens with zero attached hydrogens (tertiary/aromatic N) is 1. The van der Waals surface area contributed by atoms with Crippen molar-refractivity contribution in [2.45, 2.75) is 78.2 Å². The SMILES string of the molecule is CCCCCCCCO[Si](C)(C)O[Si](C)(C)OCc1cccnc1. The van der Waals surface area contributed by atoms with Gasteiger partial charge >= 0.3 is 17.1 Å². The van der Waals surface area contributed by atoms with Crippen LogP contribution in [0.25, 0.3) is 0 Å². The summed E-state index contributed by atoms with van der Waals surface area (Å²) in [6.07, 6.45) is 11.3. The first-order valence-electron chi connectivity index (χ1n) is 9.21. The Morgan fingerprint density at radius 3 is 2.25 bits per heavy atom. The summed E-state index contributed by atoms with van der Waals surface area (Å²) in [7, 11) is -4.33. The van der Waals surface area contributed by atoms with Gasteiger partial charge in [-0.05, 0) is 44.2 Å². The van der Waals surface area contributed by atoms with Crippen LogP contribution in [0.4, 0.5) is 0 Å². The zero-order chi connectivity index (χ0) is 17.9. The molecule has 1 aromatic heterocycles. The van der Waals surface area contributed by atoms with Gasteiger partial charge in [-0.15, -0.1) is 0 Å². The standard InChI is InChI=1S/C18H35NO3Si2/c1-6-7-8-9-10-11-15-20-23(2,3)22-24(4,5)21-17-18-13-12-14-19-16-18/h12-14,16H,6-11,15,17H2,1-5H3. The van der Waals surface area contributed by atoms with Crippen LogP contribution in [0.15, 0.2) is 24.5 Å². The fourth-order valence-electron chi connectivity index (χ4n) is 2.59. The summed E-state index contributed by atoms with van der Waals surface area (Å²) in [6, 6.07) is 3.95. The fraction of sp³-hybridized carbons (Fsp3) is 0.722. The van der Waals surface area contributed by atoms with E-state index >= 15 is 0 Å². The van der Waals surface area contributed by atoms with E-state index in [1.54, 1.807) is 6.20 Å². The molecule has 0 amide bonds. The molecule has 0 aliphatic heterocycles. The van der Waals surface area contributed by atoms with Crippen LogP contribution >= 0.6 is 0 Å². The minimum Gasteiger partial charge on any atom is -0.415 e. The van der Waals surface area contributed by atoms with Crippen molar-refractivity contribution in [1.29, 1.82) is 0 Å². The molecule has 0 aliphatic rings. The summed E-state index contributed by atoms with van der Waals surface area (Å²) in [5, 5.41) is 0. The highest BCUT2D eigenvalue weighted by Crippen LogP contribution is 2.19. The molecular formula is C18H35NO3Si2. The molecule has 24 heavy (non-hydrogen) atoms. The first-order chi connectivity index (χ1) is 11.3. The Labute approximate surface area is 150 Å². The summed E-state index contributed by atoms with van der Waals surface area (Å²) < 4.78 is 18.4. The van der Waals surface area contributed by atoms with Crippen LogP contribution in [0.1, 0.15) is 51.0 Å². The average molecular weight is 370 g/mol. The number of hydrogen-bond donors (Lipinski definition) is 0. The molecule has 0 aromatic carbocycles. The van der Waals surface area contributed by atoms with E-state index in [1.807, 2.05) is 18.3 Å². The monoisotopic (exact) mass is 369 g/mol. The van der Waals surface area contributed by atoms with Gasteiger partial charge in [0.15, 0.2) is 0 Å². The van der Waals surface area contributed by atoms with Crippen molar-refractivity contribution in [1.82, 2.24) is 4.98 Å². The molecule has 0 unspecified atom stereocenters. The van der Waals surface area contributed by atoms with Gasteiger partial charge in [-0.1, -0.05) is 45.1 Å². The van der Waals surface area contributed by atoms with Gasteiger partial charge in [0.25, 0.3) is 0 Å². The molecule has 0 atom stereocenters. The molecule has 0 spiro atoms. The molecular weight excluding hydrogens is 334 g/mol. The smallest absolute Gasteiger partial charge is 0.323 e. The van der Waals surface area contributed by atoms with Crippen LogP contribution in [0.2, 0.25) is 26.2 Å². The van der Waals surface area contributed by atoms with Crippen molar-refractivity contribution >= 4 is 17.1 Å². The van der Waals surface area contributed by atoms with Crippen LogP contribution in [0.5, 0.6) is 0 Å². The minimum atomic E-state index is -2.20. The van der Waals surface area contributed by atoms with Crippen LogP contribution in [-0.2, 0) is 19.6 Å². The normalized spacial score (nSPS) is 12.5. The van der Waals surface area contributed by atoms with Crippen molar-refractivity contribution in [3.05, 3.63) is 30.1 Å². The van der Waals surface area contributed by atoms with E-state index in [2.05, 4.69) is 38.1 Å². The lowest BCUT2D eigenvalue weighted by Crippen LogP contribution is -2.48. The summed E-state index contributed by atoms with van der Waals surface area (Å²) in [5.74, 6) is 0. The maximum atomic E-state index is 6.31. The van der Waals surface area contributed by atoms with E-state index in [0.29, 0.717) is 6.61 Å². The molecule has 1 aromatic rings. The lowest BCUT2D eigenvalue weighted by atomic mass is 10.1. The van der Waals surface area contributed by atoms with Gasteiger partial charge in [-0.25, -0.2) is 0 Å². The van der Waals surface area contributed by atoms with E-state index in [1.165, 1.54) is 32.1 Å². The summed E-state index contributed by atoms with van der Waals surface area (Å²) in [6.45, 7) is 12.0. The Balaban J connectivity index is 2.25. The van der Waals surface area contributed by atoms with E-state index < -0.39 is 17.1 Å². The first kappa shape index (κ1) is 21.5. The van der Waals surface area contributed by atoms with Gasteiger partial charge in [0.05, 0.1) is 6.61 Å². The third-order valence-electron chi connectivity index (χ3n) is 3.75. The largest absolute Gasteiger partial charge is 0.415 e. The van der Waals surface area contributed by atoms with Crippen molar-refractivity contribution in [3.8, 4) is 0 Å². The Kier molecular flexibility index (Phi) is 9.99. The second-order valence-electron chi connectivity index (χ2n) is 7.17. The van der Waals surface area contributed by atoms with Gasteiger partial charge in [-0.3, -0.25) is 4.98 Å². The van der Waals surface area contributed by atoms with Crippen LogP contribution in [0.3, 0.4) is 0 Å². The van der Waals surface area contributed by atoms with Crippen LogP contribution < -0.4 is 0 Å². The van der Waals surface area contributed by atoms with Gasteiger partial charge < -0.3 is 13.0 Å².